The van der Waals surface area contributed by atoms with Crippen LogP contribution in [0.2, 0.25) is 0 Å². The van der Waals surface area contributed by atoms with Crippen molar-refractivity contribution in [1.29, 1.82) is 0 Å². The van der Waals surface area contributed by atoms with Crippen LogP contribution in [0.5, 0.6) is 0 Å². The predicted molar refractivity (Wildman–Crippen MR) is 67.9 cm³/mol. The molecule has 0 bridgehead atoms. The molecule has 1 aliphatic heterocycles. The third-order valence-electron chi connectivity index (χ3n) is 3.34. The van der Waals surface area contributed by atoms with Crippen molar-refractivity contribution in [3.8, 4) is 0 Å². The van der Waals surface area contributed by atoms with E-state index in [0.717, 1.165) is 10.8 Å². The van der Waals surface area contributed by atoms with Crippen molar-refractivity contribution in [2.24, 2.45) is 0 Å². The molecule has 0 fully saturated rings. The number of aliphatic hydroxyl groups is 3. The first-order valence-electron chi connectivity index (χ1n) is 6.08. The van der Waals surface area contributed by atoms with E-state index in [4.69, 9.17) is 9.84 Å². The lowest BCUT2D eigenvalue weighted by Crippen LogP contribution is -2.32. The first kappa shape index (κ1) is 13.6. The monoisotopic (exact) mass is 297 g/mol. The quantitative estimate of drug-likeness (QED) is 0.610. The molecule has 2 aromatic heterocycles. The Morgan fingerprint density at radius 2 is 2.29 bits per heavy atom. The van der Waals surface area contributed by atoms with Crippen LogP contribution < -0.4 is 5.69 Å². The van der Waals surface area contributed by atoms with Gasteiger partial charge in [-0.25, -0.2) is 9.18 Å². The van der Waals surface area contributed by atoms with Gasteiger partial charge in [0.1, 0.15) is 12.3 Å². The molecule has 2 atom stereocenters. The average molecular weight is 297 g/mol. The summed E-state index contributed by atoms with van der Waals surface area (Å²) >= 11 is 0. The minimum absolute atomic E-state index is 0.0554. The van der Waals surface area contributed by atoms with Gasteiger partial charge >= 0.3 is 5.69 Å². The van der Waals surface area contributed by atoms with Crippen molar-refractivity contribution >= 4 is 11.0 Å². The van der Waals surface area contributed by atoms with Crippen LogP contribution in [0.15, 0.2) is 22.5 Å². The molecule has 0 amide bonds. The SMILES string of the molecule is Cc1[nH]c2nc(=O)n([C@@H]3OC(CO)=C(O)C3O)cc2c1F. The van der Waals surface area contributed by atoms with Crippen LogP contribution in [0.4, 0.5) is 4.39 Å². The first-order valence-corrected chi connectivity index (χ1v) is 6.08. The maximum Gasteiger partial charge on any atom is 0.352 e. The number of rotatable bonds is 2. The van der Waals surface area contributed by atoms with Gasteiger partial charge in [-0.15, -0.1) is 0 Å². The fourth-order valence-corrected chi connectivity index (χ4v) is 2.24. The van der Waals surface area contributed by atoms with Crippen LogP contribution in [0, 0.1) is 12.7 Å². The minimum Gasteiger partial charge on any atom is -0.506 e. The van der Waals surface area contributed by atoms with Gasteiger partial charge in [-0.3, -0.25) is 4.57 Å². The van der Waals surface area contributed by atoms with E-state index in [-0.39, 0.29) is 22.5 Å². The number of aryl methyl sites for hydroxylation is 1. The first-order chi connectivity index (χ1) is 9.93. The maximum absolute atomic E-state index is 13.9. The molecule has 9 heteroatoms. The summed E-state index contributed by atoms with van der Waals surface area (Å²) in [5.74, 6) is -1.39. The molecular weight excluding hydrogens is 285 g/mol. The summed E-state index contributed by atoms with van der Waals surface area (Å²) in [4.78, 5) is 18.2. The van der Waals surface area contributed by atoms with Gasteiger partial charge in [0.15, 0.2) is 23.4 Å². The molecule has 112 valence electrons. The molecule has 8 nitrogen and oxygen atoms in total. The van der Waals surface area contributed by atoms with Crippen LogP contribution in [0.3, 0.4) is 0 Å². The fourth-order valence-electron chi connectivity index (χ4n) is 2.24. The average Bonchev–Trinajstić information content (AvgIpc) is 2.88. The molecular formula is C12H12FN3O5. The van der Waals surface area contributed by atoms with Crippen molar-refractivity contribution in [2.45, 2.75) is 19.3 Å². The molecule has 0 saturated heterocycles. The Kier molecular flexibility index (Phi) is 2.96. The number of nitrogens with one attached hydrogen (secondary N) is 1. The maximum atomic E-state index is 13.9. The lowest BCUT2D eigenvalue weighted by atomic mass is 10.2. The van der Waals surface area contributed by atoms with Crippen molar-refractivity contribution in [3.05, 3.63) is 39.7 Å². The van der Waals surface area contributed by atoms with Crippen molar-refractivity contribution in [2.75, 3.05) is 6.61 Å². The van der Waals surface area contributed by atoms with E-state index in [1.165, 1.54) is 6.92 Å². The number of H-pyrrole nitrogens is 1. The largest absolute Gasteiger partial charge is 0.506 e. The third kappa shape index (κ3) is 1.89. The van der Waals surface area contributed by atoms with Gasteiger partial charge in [0.2, 0.25) is 6.23 Å². The summed E-state index contributed by atoms with van der Waals surface area (Å²) in [5.41, 5.74) is -0.488. The highest BCUT2D eigenvalue weighted by molar-refractivity contribution is 5.76. The van der Waals surface area contributed by atoms with E-state index in [1.807, 2.05) is 0 Å². The van der Waals surface area contributed by atoms with Gasteiger partial charge in [0.05, 0.1) is 11.1 Å². The Hall–Kier alpha value is -2.39. The number of aromatic amines is 1. The zero-order valence-corrected chi connectivity index (χ0v) is 10.9. The van der Waals surface area contributed by atoms with Crippen LogP contribution >= 0.6 is 0 Å². The number of aliphatic hydroxyl groups excluding tert-OH is 3. The van der Waals surface area contributed by atoms with Crippen LogP contribution in [0.25, 0.3) is 11.0 Å². The predicted octanol–water partition coefficient (Wildman–Crippen LogP) is -0.176. The van der Waals surface area contributed by atoms with E-state index in [9.17, 15) is 19.4 Å². The Morgan fingerprint density at radius 1 is 1.57 bits per heavy atom. The second-order valence-electron chi connectivity index (χ2n) is 4.68. The lowest BCUT2D eigenvalue weighted by Gasteiger charge is -2.17. The standard InChI is InChI=1S/C12H12FN3O5/c1-4-7(13)5-2-16(12(20)15-10(5)14-4)11-9(19)8(18)6(3-17)21-11/h2,9,11,17-19H,3H2,1H3,(H,14,15,20)/t9?,11-/m1/s1. The molecule has 3 heterocycles. The second-order valence-corrected chi connectivity index (χ2v) is 4.68. The number of ether oxygens (including phenoxy) is 1. The van der Waals surface area contributed by atoms with E-state index >= 15 is 0 Å². The molecule has 0 saturated carbocycles. The molecule has 0 aliphatic carbocycles. The molecule has 0 aromatic carbocycles. The second kappa shape index (κ2) is 4.57. The Morgan fingerprint density at radius 3 is 2.90 bits per heavy atom. The summed E-state index contributed by atoms with van der Waals surface area (Å²) in [6, 6.07) is 0. The Balaban J connectivity index is 2.12. The summed E-state index contributed by atoms with van der Waals surface area (Å²) < 4.78 is 19.9. The molecule has 2 aromatic rings. The van der Waals surface area contributed by atoms with Crippen LogP contribution in [0.1, 0.15) is 11.9 Å². The molecule has 3 rings (SSSR count). The van der Waals surface area contributed by atoms with E-state index < -0.39 is 36.2 Å². The van der Waals surface area contributed by atoms with Gasteiger partial charge in [-0.2, -0.15) is 4.98 Å². The lowest BCUT2D eigenvalue weighted by molar-refractivity contribution is -0.0168. The highest BCUT2D eigenvalue weighted by atomic mass is 19.1. The normalized spacial score (nSPS) is 22.1. The number of aromatic nitrogens is 3. The third-order valence-corrected chi connectivity index (χ3v) is 3.34. The summed E-state index contributed by atoms with van der Waals surface area (Å²) in [6.45, 7) is 0.853. The van der Waals surface area contributed by atoms with Gasteiger partial charge in [0, 0.05) is 6.20 Å². The van der Waals surface area contributed by atoms with Gasteiger partial charge < -0.3 is 25.0 Å². The van der Waals surface area contributed by atoms with Crippen LogP contribution in [-0.2, 0) is 4.74 Å². The van der Waals surface area contributed by atoms with Crippen molar-refractivity contribution in [1.82, 2.24) is 14.5 Å². The minimum atomic E-state index is -1.55. The molecule has 0 spiro atoms. The van der Waals surface area contributed by atoms with E-state index in [1.54, 1.807) is 0 Å². The molecule has 0 radical (unpaired) electrons. The van der Waals surface area contributed by atoms with Crippen molar-refractivity contribution in [3.63, 3.8) is 0 Å². The van der Waals surface area contributed by atoms with Gasteiger partial charge in [-0.05, 0) is 6.92 Å². The number of hydrogen-bond acceptors (Lipinski definition) is 6. The number of nitrogens with zero attached hydrogens (tertiary/aromatic N) is 2. The van der Waals surface area contributed by atoms with Gasteiger partial charge in [0.25, 0.3) is 0 Å². The topological polar surface area (TPSA) is 121 Å². The summed E-state index contributed by atoms with van der Waals surface area (Å²) in [5, 5.41) is 28.5. The molecule has 1 aliphatic rings. The zero-order valence-electron chi connectivity index (χ0n) is 10.9. The highest BCUT2D eigenvalue weighted by Gasteiger charge is 2.37. The zero-order chi connectivity index (χ0) is 15.3. The highest BCUT2D eigenvalue weighted by Crippen LogP contribution is 2.30. The fraction of sp³-hybridized carbons (Fsp3) is 0.333. The summed E-state index contributed by atoms with van der Waals surface area (Å²) in [7, 11) is 0. The van der Waals surface area contributed by atoms with Gasteiger partial charge in [-0.1, -0.05) is 0 Å². The number of hydrogen-bond donors (Lipinski definition) is 4. The molecule has 1 unspecified atom stereocenters. The smallest absolute Gasteiger partial charge is 0.352 e. The molecule has 4 N–H and O–H groups in total. The van der Waals surface area contributed by atoms with E-state index in [2.05, 4.69) is 9.97 Å². The summed E-state index contributed by atoms with van der Waals surface area (Å²) in [6.07, 6.45) is -1.72. The number of halogens is 1. The molecule has 21 heavy (non-hydrogen) atoms. The Labute approximate surface area is 116 Å². The van der Waals surface area contributed by atoms with E-state index in [0.29, 0.717) is 0 Å². The van der Waals surface area contributed by atoms with Crippen LogP contribution in [-0.4, -0.2) is 42.6 Å². The Bertz CT molecular complexity index is 809. The van der Waals surface area contributed by atoms with Crippen molar-refractivity contribution < 1.29 is 24.4 Å². The number of fused-ring (bicyclic) bond motifs is 1.